The number of hydrogen-bond donors (Lipinski definition) is 3. The molecule has 0 saturated carbocycles. The van der Waals surface area contributed by atoms with Crippen LogP contribution in [0.25, 0.3) is 0 Å². The third-order valence-electron chi connectivity index (χ3n) is 5.23. The molecule has 2 aliphatic rings. The number of rotatable bonds is 7. The minimum absolute atomic E-state index is 0. The summed E-state index contributed by atoms with van der Waals surface area (Å²) < 4.78 is 0. The number of anilines is 1. The molecule has 0 radical (unpaired) electrons. The van der Waals surface area contributed by atoms with Crippen molar-refractivity contribution in [2.75, 3.05) is 37.6 Å². The molecule has 1 aliphatic carbocycles. The number of hydrogen-bond acceptors (Lipinski definition) is 3. The second kappa shape index (κ2) is 12.7. The summed E-state index contributed by atoms with van der Waals surface area (Å²) in [5, 5.41) is 9.64. The molecule has 1 fully saturated rings. The maximum Gasteiger partial charge on any atom is 0.239 e. The van der Waals surface area contributed by atoms with Crippen molar-refractivity contribution in [3.63, 3.8) is 0 Å². The van der Waals surface area contributed by atoms with Crippen LogP contribution in [0.5, 0.6) is 0 Å². The van der Waals surface area contributed by atoms with Gasteiger partial charge >= 0.3 is 0 Å². The van der Waals surface area contributed by atoms with E-state index >= 15 is 0 Å². The molecule has 1 saturated heterocycles. The molecule has 29 heavy (non-hydrogen) atoms. The fourth-order valence-electron chi connectivity index (χ4n) is 3.66. The van der Waals surface area contributed by atoms with Crippen LogP contribution in [0.4, 0.5) is 5.69 Å². The van der Waals surface area contributed by atoms with Crippen LogP contribution >= 0.6 is 24.0 Å². The smallest absolute Gasteiger partial charge is 0.239 e. The van der Waals surface area contributed by atoms with Gasteiger partial charge < -0.3 is 20.9 Å². The summed E-state index contributed by atoms with van der Waals surface area (Å²) in [7, 11) is 0. The van der Waals surface area contributed by atoms with E-state index in [0.29, 0.717) is 19.6 Å². The van der Waals surface area contributed by atoms with Crippen molar-refractivity contribution in [3.05, 3.63) is 41.5 Å². The molecular formula is C22H34IN5O. The summed E-state index contributed by atoms with van der Waals surface area (Å²) in [4.78, 5) is 18.4. The number of benzene rings is 1. The summed E-state index contributed by atoms with van der Waals surface area (Å²) in [6.45, 7) is 6.50. The van der Waals surface area contributed by atoms with E-state index in [1.54, 1.807) is 5.57 Å². The summed E-state index contributed by atoms with van der Waals surface area (Å²) in [6, 6.07) is 8.36. The van der Waals surface area contributed by atoms with E-state index in [0.717, 1.165) is 43.3 Å². The van der Waals surface area contributed by atoms with E-state index in [1.807, 2.05) is 0 Å². The Balaban J connectivity index is 0.00000300. The van der Waals surface area contributed by atoms with Gasteiger partial charge in [0.15, 0.2) is 5.96 Å². The van der Waals surface area contributed by atoms with Gasteiger partial charge in [0.1, 0.15) is 0 Å². The highest BCUT2D eigenvalue weighted by molar-refractivity contribution is 14.0. The lowest BCUT2D eigenvalue weighted by molar-refractivity contribution is -0.120. The summed E-state index contributed by atoms with van der Waals surface area (Å²) in [5.41, 5.74) is 3.84. The van der Waals surface area contributed by atoms with Crippen LogP contribution in [0.15, 0.2) is 40.9 Å². The molecule has 1 amide bonds. The predicted molar refractivity (Wildman–Crippen MR) is 131 cm³/mol. The molecule has 1 aliphatic heterocycles. The Morgan fingerprint density at radius 1 is 1.21 bits per heavy atom. The third-order valence-corrected chi connectivity index (χ3v) is 5.23. The summed E-state index contributed by atoms with van der Waals surface area (Å²) >= 11 is 0. The van der Waals surface area contributed by atoms with Gasteiger partial charge in [0.2, 0.25) is 5.91 Å². The lowest BCUT2D eigenvalue weighted by Crippen LogP contribution is -2.47. The molecule has 0 bridgehead atoms. The van der Waals surface area contributed by atoms with Gasteiger partial charge in [-0.3, -0.25) is 4.79 Å². The van der Waals surface area contributed by atoms with E-state index in [4.69, 9.17) is 4.99 Å². The number of carbonyl (C=O) groups excluding carboxylic acids is 1. The standard InChI is InChI=1S/C22H33N5O.HI/c1-2-23-22(25-13-12-18-6-4-3-5-7-18)26-16-19-8-10-20(11-9-19)27-15-14-24-21(28)17-27;/h6,8-11H,2-5,7,12-17H2,1H3,(H,24,28)(H2,23,25,26);1H. The summed E-state index contributed by atoms with van der Waals surface area (Å²) in [6.07, 6.45) is 8.66. The second-order valence-electron chi connectivity index (χ2n) is 7.42. The fraction of sp³-hybridized carbons (Fsp3) is 0.545. The molecule has 0 atom stereocenters. The van der Waals surface area contributed by atoms with Crippen molar-refractivity contribution in [2.45, 2.75) is 45.6 Å². The van der Waals surface area contributed by atoms with Crippen LogP contribution < -0.4 is 20.9 Å². The predicted octanol–water partition coefficient (Wildman–Crippen LogP) is 3.19. The van der Waals surface area contributed by atoms with Gasteiger partial charge in [0.25, 0.3) is 0 Å². The second-order valence-corrected chi connectivity index (χ2v) is 7.42. The van der Waals surface area contributed by atoms with Crippen LogP contribution in [0.3, 0.4) is 0 Å². The number of aliphatic imine (C=N–C) groups is 1. The highest BCUT2D eigenvalue weighted by Gasteiger charge is 2.16. The Labute approximate surface area is 191 Å². The Morgan fingerprint density at radius 3 is 2.72 bits per heavy atom. The highest BCUT2D eigenvalue weighted by atomic mass is 127. The van der Waals surface area contributed by atoms with Crippen molar-refractivity contribution in [3.8, 4) is 0 Å². The molecule has 160 valence electrons. The first-order valence-electron chi connectivity index (χ1n) is 10.6. The number of amides is 1. The van der Waals surface area contributed by atoms with E-state index in [1.165, 1.54) is 25.7 Å². The number of piperazine rings is 1. The molecule has 0 spiro atoms. The molecule has 3 rings (SSSR count). The molecular weight excluding hydrogens is 477 g/mol. The van der Waals surface area contributed by atoms with Gasteiger partial charge in [-0.15, -0.1) is 24.0 Å². The number of guanidine groups is 1. The van der Waals surface area contributed by atoms with E-state index in [9.17, 15) is 4.79 Å². The van der Waals surface area contributed by atoms with Crippen LogP contribution in [-0.4, -0.2) is 44.6 Å². The third kappa shape index (κ3) is 7.87. The number of carbonyl (C=O) groups is 1. The maximum atomic E-state index is 11.6. The molecule has 1 heterocycles. The topological polar surface area (TPSA) is 68.8 Å². The zero-order valence-corrected chi connectivity index (χ0v) is 19.7. The maximum absolute atomic E-state index is 11.6. The quantitative estimate of drug-likeness (QED) is 0.228. The first-order chi connectivity index (χ1) is 13.7. The van der Waals surface area contributed by atoms with Crippen LogP contribution in [0.2, 0.25) is 0 Å². The minimum atomic E-state index is 0. The number of nitrogens with zero attached hydrogens (tertiary/aromatic N) is 2. The largest absolute Gasteiger partial charge is 0.360 e. The molecule has 1 aromatic rings. The molecule has 1 aromatic carbocycles. The average Bonchev–Trinajstić information content (AvgIpc) is 2.73. The zero-order chi connectivity index (χ0) is 19.6. The molecule has 3 N–H and O–H groups in total. The number of nitrogens with one attached hydrogen (secondary N) is 3. The monoisotopic (exact) mass is 511 g/mol. The summed E-state index contributed by atoms with van der Waals surface area (Å²) in [5.74, 6) is 0.959. The van der Waals surface area contributed by atoms with Crippen LogP contribution in [0, 0.1) is 0 Å². The lowest BCUT2D eigenvalue weighted by atomic mass is 9.97. The van der Waals surface area contributed by atoms with Crippen molar-refractivity contribution in [1.82, 2.24) is 16.0 Å². The van der Waals surface area contributed by atoms with Gasteiger partial charge in [-0.2, -0.15) is 0 Å². The van der Waals surface area contributed by atoms with Crippen molar-refractivity contribution in [2.24, 2.45) is 4.99 Å². The Kier molecular flexibility index (Phi) is 10.3. The van der Waals surface area contributed by atoms with Gasteiger partial charge in [0, 0.05) is 31.9 Å². The van der Waals surface area contributed by atoms with Crippen LogP contribution in [0.1, 0.15) is 44.6 Å². The number of allylic oxidation sites excluding steroid dienone is 1. The van der Waals surface area contributed by atoms with Crippen LogP contribution in [-0.2, 0) is 11.3 Å². The minimum Gasteiger partial charge on any atom is -0.360 e. The Bertz CT molecular complexity index is 702. The van der Waals surface area contributed by atoms with E-state index < -0.39 is 0 Å². The van der Waals surface area contributed by atoms with Crippen molar-refractivity contribution < 1.29 is 4.79 Å². The average molecular weight is 511 g/mol. The molecule has 7 heteroatoms. The lowest BCUT2D eigenvalue weighted by Gasteiger charge is -2.28. The molecule has 0 unspecified atom stereocenters. The Morgan fingerprint density at radius 2 is 2.03 bits per heavy atom. The first-order valence-corrected chi connectivity index (χ1v) is 10.6. The zero-order valence-electron chi connectivity index (χ0n) is 17.4. The van der Waals surface area contributed by atoms with Gasteiger partial charge in [-0.25, -0.2) is 4.99 Å². The SMILES string of the molecule is CCNC(=NCc1ccc(N2CCNC(=O)C2)cc1)NCCC1=CCCCC1.I. The van der Waals surface area contributed by atoms with Gasteiger partial charge in [-0.05, 0) is 56.7 Å². The van der Waals surface area contributed by atoms with E-state index in [-0.39, 0.29) is 29.9 Å². The van der Waals surface area contributed by atoms with Gasteiger partial charge in [0.05, 0.1) is 13.1 Å². The van der Waals surface area contributed by atoms with Gasteiger partial charge in [-0.1, -0.05) is 23.8 Å². The highest BCUT2D eigenvalue weighted by Crippen LogP contribution is 2.19. The van der Waals surface area contributed by atoms with Crippen molar-refractivity contribution >= 4 is 41.5 Å². The number of halogens is 1. The van der Waals surface area contributed by atoms with Crippen molar-refractivity contribution in [1.29, 1.82) is 0 Å². The molecule has 0 aromatic heterocycles. The molecule has 6 nitrogen and oxygen atoms in total. The Hall–Kier alpha value is -1.77. The van der Waals surface area contributed by atoms with E-state index in [2.05, 4.69) is 58.1 Å². The normalized spacial score (nSPS) is 17.1. The fourth-order valence-corrected chi connectivity index (χ4v) is 3.66. The first kappa shape index (κ1) is 23.5.